The number of nitrogens with zero attached hydrogens (tertiary/aromatic N) is 5. The molecule has 1 fully saturated rings. The Morgan fingerprint density at radius 1 is 1.10 bits per heavy atom. The number of Topliss-reactive ketones (excluding diaryl/α,β-unsaturated/α-hetero) is 3. The predicted octanol–water partition coefficient (Wildman–Crippen LogP) is 4.63. The van der Waals surface area contributed by atoms with Crippen LogP contribution in [-0.2, 0) is 20.9 Å². The van der Waals surface area contributed by atoms with Crippen molar-refractivity contribution in [3.8, 4) is 11.1 Å². The first-order valence-corrected chi connectivity index (χ1v) is 14.7. The maximum atomic E-state index is 16.0. The first-order valence-electron chi connectivity index (χ1n) is 14.7. The van der Waals surface area contributed by atoms with E-state index in [9.17, 15) is 19.2 Å². The summed E-state index contributed by atoms with van der Waals surface area (Å²) < 4.78 is 17.5. The Morgan fingerprint density at radius 3 is 2.57 bits per heavy atom. The Labute approximate surface area is 244 Å². The van der Waals surface area contributed by atoms with Crippen molar-refractivity contribution >= 4 is 39.8 Å². The van der Waals surface area contributed by atoms with E-state index in [1.807, 2.05) is 12.1 Å². The molecule has 0 spiro atoms. The fraction of sp³-hybridized carbons (Fsp3) is 0.516. The number of nitrogens with one attached hydrogen (secondary N) is 1. The molecule has 3 aromatic rings. The number of fused-ring (bicyclic) bond motifs is 2. The smallest absolute Gasteiger partial charge is 0.245 e. The lowest BCUT2D eigenvalue weighted by molar-refractivity contribution is -0.138. The third kappa shape index (κ3) is 6.10. The van der Waals surface area contributed by atoms with Gasteiger partial charge in [-0.15, -0.1) is 0 Å². The van der Waals surface area contributed by atoms with E-state index in [0.29, 0.717) is 41.8 Å². The molecule has 42 heavy (non-hydrogen) atoms. The molecule has 0 aliphatic carbocycles. The first kappa shape index (κ1) is 29.5. The minimum absolute atomic E-state index is 0.000861. The van der Waals surface area contributed by atoms with Crippen LogP contribution < -0.4 is 5.32 Å². The minimum atomic E-state index is -1.82. The fourth-order valence-electron chi connectivity index (χ4n) is 5.99. The highest BCUT2D eigenvalue weighted by molar-refractivity contribution is 6.09. The highest BCUT2D eigenvalue weighted by Gasteiger charge is 2.48. The molecule has 1 aromatic carbocycles. The average molecular weight is 577 g/mol. The van der Waals surface area contributed by atoms with Gasteiger partial charge in [0.15, 0.2) is 11.6 Å². The van der Waals surface area contributed by atoms with Crippen LogP contribution in [-0.4, -0.2) is 72.7 Å². The maximum Gasteiger partial charge on any atom is 0.245 e. The zero-order valence-corrected chi connectivity index (χ0v) is 24.4. The van der Waals surface area contributed by atoms with Crippen LogP contribution in [0.25, 0.3) is 22.0 Å². The van der Waals surface area contributed by atoms with E-state index in [1.165, 1.54) is 16.5 Å². The van der Waals surface area contributed by atoms with E-state index < -0.39 is 17.6 Å². The van der Waals surface area contributed by atoms with Crippen molar-refractivity contribution in [2.45, 2.75) is 90.4 Å². The topological polar surface area (TPSA) is 127 Å². The van der Waals surface area contributed by atoms with Gasteiger partial charge >= 0.3 is 0 Å². The van der Waals surface area contributed by atoms with Gasteiger partial charge in [0, 0.05) is 62.5 Å². The van der Waals surface area contributed by atoms with E-state index >= 15 is 4.39 Å². The summed E-state index contributed by atoms with van der Waals surface area (Å²) in [4.78, 5) is 61.8. The molecule has 1 N–H and O–H groups in total. The van der Waals surface area contributed by atoms with E-state index in [4.69, 9.17) is 0 Å². The molecule has 0 radical (unpaired) electrons. The molecule has 11 heteroatoms. The Kier molecular flexibility index (Phi) is 8.47. The number of alkyl halides is 1. The molecule has 222 valence electrons. The standard InChI is InChI=1S/C31H37FN6O4/c1-4-27(41)26-14-31(32)10-9-23(40)8-6-5-7-11-33-25-13-21(22-15-34-20(3)35-16-22)12-24-29(19(2)39)36-38(30(24)25)17-28(42)37(26)18-31/h12-13,15-16,26,33H,4-11,14,17-18H2,1-3H3/t26-,31+/m0/s1. The largest absolute Gasteiger partial charge is 0.383 e. The average Bonchev–Trinajstić information content (AvgIpc) is 3.52. The zero-order valence-electron chi connectivity index (χ0n) is 24.4. The van der Waals surface area contributed by atoms with Gasteiger partial charge in [0.2, 0.25) is 5.91 Å². The summed E-state index contributed by atoms with van der Waals surface area (Å²) in [6.07, 6.45) is 6.23. The van der Waals surface area contributed by atoms with Crippen molar-refractivity contribution in [3.05, 3.63) is 36.0 Å². The number of hydrogen-bond donors (Lipinski definition) is 1. The summed E-state index contributed by atoms with van der Waals surface area (Å²) in [5.74, 6) is -0.303. The second-order valence-electron chi connectivity index (χ2n) is 11.5. The van der Waals surface area contributed by atoms with Gasteiger partial charge in [-0.25, -0.2) is 14.4 Å². The number of rotatable bonds is 4. The van der Waals surface area contributed by atoms with Gasteiger partial charge in [-0.05, 0) is 43.9 Å². The van der Waals surface area contributed by atoms with Crippen LogP contribution in [0.5, 0.6) is 0 Å². The molecule has 0 saturated carbocycles. The highest BCUT2D eigenvalue weighted by Crippen LogP contribution is 2.37. The summed E-state index contributed by atoms with van der Waals surface area (Å²) in [6, 6.07) is 2.87. The molecule has 4 heterocycles. The van der Waals surface area contributed by atoms with E-state index in [-0.39, 0.29) is 61.8 Å². The van der Waals surface area contributed by atoms with Crippen LogP contribution in [0.3, 0.4) is 0 Å². The normalized spacial score (nSPS) is 22.2. The monoisotopic (exact) mass is 576 g/mol. The molecule has 2 bridgehead atoms. The highest BCUT2D eigenvalue weighted by atomic mass is 19.1. The number of ketones is 3. The summed E-state index contributed by atoms with van der Waals surface area (Å²) >= 11 is 0. The van der Waals surface area contributed by atoms with Crippen molar-refractivity contribution in [3.63, 3.8) is 0 Å². The SMILES string of the molecule is CCC(=O)[C@@H]1C[C@]2(F)CCC(=O)CCCCCNc3cc(-c4cnc(C)nc4)cc4c(C(C)=O)nn(c34)CC(=O)N1C2. The number of aryl methyl sites for hydroxylation is 1. The molecule has 10 nitrogen and oxygen atoms in total. The fourth-order valence-corrected chi connectivity index (χ4v) is 5.99. The molecule has 2 aromatic heterocycles. The number of aromatic nitrogens is 4. The van der Waals surface area contributed by atoms with E-state index in [0.717, 1.165) is 24.0 Å². The Hall–Kier alpha value is -4.02. The number of amides is 1. The summed E-state index contributed by atoms with van der Waals surface area (Å²) in [7, 11) is 0. The van der Waals surface area contributed by atoms with Crippen LogP contribution in [0.4, 0.5) is 10.1 Å². The lowest BCUT2D eigenvalue weighted by Crippen LogP contribution is -2.42. The Morgan fingerprint density at radius 2 is 1.86 bits per heavy atom. The number of halogens is 1. The second kappa shape index (κ2) is 12.1. The van der Waals surface area contributed by atoms with Crippen LogP contribution in [0.2, 0.25) is 0 Å². The lowest BCUT2D eigenvalue weighted by atomic mass is 9.92. The van der Waals surface area contributed by atoms with Crippen LogP contribution >= 0.6 is 0 Å². The van der Waals surface area contributed by atoms with Crippen LogP contribution in [0.1, 0.15) is 81.5 Å². The second-order valence-corrected chi connectivity index (χ2v) is 11.5. The third-order valence-corrected chi connectivity index (χ3v) is 8.31. The van der Waals surface area contributed by atoms with Crippen molar-refractivity contribution in [2.75, 3.05) is 18.4 Å². The van der Waals surface area contributed by atoms with Crippen LogP contribution in [0.15, 0.2) is 24.5 Å². The van der Waals surface area contributed by atoms with Crippen molar-refractivity contribution in [2.24, 2.45) is 0 Å². The van der Waals surface area contributed by atoms with Gasteiger partial charge < -0.3 is 10.2 Å². The summed E-state index contributed by atoms with van der Waals surface area (Å²) in [5, 5.41) is 8.59. The van der Waals surface area contributed by atoms with Gasteiger partial charge in [0.05, 0.1) is 23.8 Å². The number of anilines is 1. The van der Waals surface area contributed by atoms with Gasteiger partial charge in [-0.1, -0.05) is 13.3 Å². The number of hydrogen-bond acceptors (Lipinski definition) is 8. The lowest BCUT2D eigenvalue weighted by Gasteiger charge is -2.24. The summed E-state index contributed by atoms with van der Waals surface area (Å²) in [6.45, 7) is 5.00. The molecular formula is C31H37FN6O4. The molecule has 0 unspecified atom stereocenters. The molecule has 1 amide bonds. The quantitative estimate of drug-likeness (QED) is 0.446. The predicted molar refractivity (Wildman–Crippen MR) is 156 cm³/mol. The molecule has 5 rings (SSSR count). The van der Waals surface area contributed by atoms with Crippen molar-refractivity contribution < 1.29 is 23.6 Å². The molecule has 2 atom stereocenters. The van der Waals surface area contributed by atoms with E-state index in [2.05, 4.69) is 20.4 Å². The molecule has 2 aliphatic rings. The van der Waals surface area contributed by atoms with Gasteiger partial charge in [0.25, 0.3) is 0 Å². The third-order valence-electron chi connectivity index (χ3n) is 8.31. The number of benzene rings is 1. The Balaban J connectivity index is 1.61. The molecule has 1 saturated heterocycles. The van der Waals surface area contributed by atoms with Gasteiger partial charge in [-0.3, -0.25) is 23.9 Å². The summed E-state index contributed by atoms with van der Waals surface area (Å²) in [5.41, 5.74) is 1.20. The molecular weight excluding hydrogens is 539 g/mol. The number of carbonyl (C=O) groups excluding carboxylic acids is 4. The number of carbonyl (C=O) groups is 4. The molecule has 2 aliphatic heterocycles. The minimum Gasteiger partial charge on any atom is -0.383 e. The first-order chi connectivity index (χ1) is 20.1. The zero-order chi connectivity index (χ0) is 30.0. The van der Waals surface area contributed by atoms with Crippen LogP contribution in [0, 0.1) is 6.92 Å². The maximum absolute atomic E-state index is 16.0. The van der Waals surface area contributed by atoms with Gasteiger partial charge in [-0.2, -0.15) is 5.10 Å². The van der Waals surface area contributed by atoms with Gasteiger partial charge in [0.1, 0.15) is 29.5 Å². The van der Waals surface area contributed by atoms with E-state index in [1.54, 1.807) is 26.2 Å². The van der Waals surface area contributed by atoms with Crippen molar-refractivity contribution in [1.29, 1.82) is 0 Å². The Bertz CT molecular complexity index is 1530. The van der Waals surface area contributed by atoms with Crippen molar-refractivity contribution in [1.82, 2.24) is 24.6 Å².